The minimum absolute atomic E-state index is 0.126. The molecule has 2 heteroatoms. The van der Waals surface area contributed by atoms with E-state index in [1.165, 1.54) is 12.5 Å². The molecule has 1 saturated carbocycles. The van der Waals surface area contributed by atoms with Crippen molar-refractivity contribution in [2.45, 2.75) is 18.9 Å². The topological polar surface area (TPSA) is 12.0 Å². The predicted molar refractivity (Wildman–Crippen MR) is 51.1 cm³/mol. The van der Waals surface area contributed by atoms with Gasteiger partial charge in [0.2, 0.25) is 0 Å². The zero-order valence-electron chi connectivity index (χ0n) is 7.76. The summed E-state index contributed by atoms with van der Waals surface area (Å²) >= 11 is 0. The van der Waals surface area contributed by atoms with Gasteiger partial charge < -0.3 is 5.32 Å². The van der Waals surface area contributed by atoms with Crippen LogP contribution in [0.25, 0.3) is 0 Å². The molecule has 1 fully saturated rings. The second-order valence-electron chi connectivity index (χ2n) is 3.72. The number of rotatable bonds is 3. The molecule has 0 aliphatic heterocycles. The monoisotopic (exact) mass is 179 g/mol. The van der Waals surface area contributed by atoms with Crippen LogP contribution in [-0.2, 0) is 6.42 Å². The smallest absolute Gasteiger partial charge is 0.123 e. The summed E-state index contributed by atoms with van der Waals surface area (Å²) in [5.41, 5.74) is 1.11. The lowest BCUT2D eigenvalue weighted by Crippen LogP contribution is -2.11. The Balaban J connectivity index is 1.95. The van der Waals surface area contributed by atoms with E-state index in [4.69, 9.17) is 0 Å². The molecule has 1 N–H and O–H groups in total. The van der Waals surface area contributed by atoms with Crippen molar-refractivity contribution in [2.75, 3.05) is 7.05 Å². The Morgan fingerprint density at radius 2 is 2.38 bits per heavy atom. The highest BCUT2D eigenvalue weighted by molar-refractivity contribution is 5.18. The van der Waals surface area contributed by atoms with E-state index in [0.717, 1.165) is 12.0 Å². The third-order valence-electron chi connectivity index (χ3n) is 2.68. The SMILES string of the molecule is CNC1CC1Cc1cccc(F)c1. The molecule has 13 heavy (non-hydrogen) atoms. The highest BCUT2D eigenvalue weighted by Crippen LogP contribution is 2.33. The first-order valence-corrected chi connectivity index (χ1v) is 4.71. The summed E-state index contributed by atoms with van der Waals surface area (Å²) < 4.78 is 12.8. The van der Waals surface area contributed by atoms with E-state index in [9.17, 15) is 4.39 Å². The maximum Gasteiger partial charge on any atom is 0.123 e. The molecular weight excluding hydrogens is 165 g/mol. The average Bonchev–Trinajstić information content (AvgIpc) is 2.83. The number of hydrogen-bond acceptors (Lipinski definition) is 1. The van der Waals surface area contributed by atoms with Crippen molar-refractivity contribution >= 4 is 0 Å². The third kappa shape index (κ3) is 2.07. The number of benzene rings is 1. The zero-order chi connectivity index (χ0) is 9.26. The van der Waals surface area contributed by atoms with Crippen LogP contribution in [-0.4, -0.2) is 13.1 Å². The van der Waals surface area contributed by atoms with E-state index in [1.54, 1.807) is 12.1 Å². The lowest BCUT2D eigenvalue weighted by Gasteiger charge is -2.00. The Kier molecular flexibility index (Phi) is 2.32. The molecular formula is C11H14FN. The Morgan fingerprint density at radius 1 is 1.54 bits per heavy atom. The van der Waals surface area contributed by atoms with E-state index in [1.807, 2.05) is 13.1 Å². The molecule has 2 unspecified atom stereocenters. The Labute approximate surface area is 78.0 Å². The average molecular weight is 179 g/mol. The van der Waals surface area contributed by atoms with Gasteiger partial charge in [-0.2, -0.15) is 0 Å². The second-order valence-corrected chi connectivity index (χ2v) is 3.72. The second kappa shape index (κ2) is 3.46. The van der Waals surface area contributed by atoms with Gasteiger partial charge in [0.15, 0.2) is 0 Å². The van der Waals surface area contributed by atoms with Crippen LogP contribution < -0.4 is 5.32 Å². The van der Waals surface area contributed by atoms with Gasteiger partial charge in [-0.1, -0.05) is 12.1 Å². The molecule has 2 atom stereocenters. The third-order valence-corrected chi connectivity index (χ3v) is 2.68. The highest BCUT2D eigenvalue weighted by atomic mass is 19.1. The molecule has 2 rings (SSSR count). The number of halogens is 1. The van der Waals surface area contributed by atoms with Gasteiger partial charge in [0.25, 0.3) is 0 Å². The van der Waals surface area contributed by atoms with Crippen molar-refractivity contribution in [3.63, 3.8) is 0 Å². The van der Waals surface area contributed by atoms with Gasteiger partial charge in [-0.15, -0.1) is 0 Å². The van der Waals surface area contributed by atoms with Crippen LogP contribution in [0, 0.1) is 11.7 Å². The molecule has 70 valence electrons. The molecule has 0 saturated heterocycles. The van der Waals surface area contributed by atoms with E-state index in [2.05, 4.69) is 5.32 Å². The fraction of sp³-hybridized carbons (Fsp3) is 0.455. The highest BCUT2D eigenvalue weighted by Gasteiger charge is 2.35. The first-order chi connectivity index (χ1) is 6.29. The quantitative estimate of drug-likeness (QED) is 0.748. The van der Waals surface area contributed by atoms with Crippen molar-refractivity contribution in [2.24, 2.45) is 5.92 Å². The molecule has 1 nitrogen and oxygen atoms in total. The lowest BCUT2D eigenvalue weighted by atomic mass is 10.1. The molecule has 0 spiro atoms. The van der Waals surface area contributed by atoms with E-state index in [-0.39, 0.29) is 5.82 Å². The molecule has 1 aliphatic carbocycles. The molecule has 0 bridgehead atoms. The van der Waals surface area contributed by atoms with Crippen LogP contribution in [0.5, 0.6) is 0 Å². The molecule has 1 aromatic carbocycles. The van der Waals surface area contributed by atoms with Gasteiger partial charge in [-0.3, -0.25) is 0 Å². The normalized spacial score (nSPS) is 26.0. The summed E-state index contributed by atoms with van der Waals surface area (Å²) in [7, 11) is 1.98. The summed E-state index contributed by atoms with van der Waals surface area (Å²) in [6, 6.07) is 7.55. The zero-order valence-corrected chi connectivity index (χ0v) is 7.76. The summed E-state index contributed by atoms with van der Waals surface area (Å²) in [6.07, 6.45) is 2.23. The minimum Gasteiger partial charge on any atom is -0.317 e. The molecule has 0 heterocycles. The van der Waals surface area contributed by atoms with Crippen molar-refractivity contribution < 1.29 is 4.39 Å². The maximum atomic E-state index is 12.8. The van der Waals surface area contributed by atoms with Crippen LogP contribution in [0.3, 0.4) is 0 Å². The van der Waals surface area contributed by atoms with Gasteiger partial charge in [-0.25, -0.2) is 4.39 Å². The molecule has 0 aromatic heterocycles. The van der Waals surface area contributed by atoms with Gasteiger partial charge >= 0.3 is 0 Å². The largest absolute Gasteiger partial charge is 0.317 e. The van der Waals surface area contributed by atoms with Crippen LogP contribution in [0.15, 0.2) is 24.3 Å². The van der Waals surface area contributed by atoms with Crippen LogP contribution >= 0.6 is 0 Å². The minimum atomic E-state index is -0.126. The van der Waals surface area contributed by atoms with Gasteiger partial charge in [-0.05, 0) is 43.5 Å². The summed E-state index contributed by atoms with van der Waals surface area (Å²) in [4.78, 5) is 0. The van der Waals surface area contributed by atoms with Crippen molar-refractivity contribution in [3.05, 3.63) is 35.6 Å². The summed E-state index contributed by atoms with van der Waals surface area (Å²) in [5.74, 6) is 0.589. The van der Waals surface area contributed by atoms with Crippen molar-refractivity contribution in [3.8, 4) is 0 Å². The van der Waals surface area contributed by atoms with E-state index < -0.39 is 0 Å². The number of hydrogen-bond donors (Lipinski definition) is 1. The first kappa shape index (κ1) is 8.70. The maximum absolute atomic E-state index is 12.8. The van der Waals surface area contributed by atoms with E-state index in [0.29, 0.717) is 12.0 Å². The molecule has 0 radical (unpaired) electrons. The summed E-state index contributed by atoms with van der Waals surface area (Å²) in [5, 5.41) is 3.23. The Morgan fingerprint density at radius 3 is 3.00 bits per heavy atom. The van der Waals surface area contributed by atoms with Gasteiger partial charge in [0.05, 0.1) is 0 Å². The van der Waals surface area contributed by atoms with Crippen LogP contribution in [0.2, 0.25) is 0 Å². The van der Waals surface area contributed by atoms with Gasteiger partial charge in [0.1, 0.15) is 5.82 Å². The standard InChI is InChI=1S/C11H14FN/c1-13-11-7-9(11)5-8-3-2-4-10(12)6-8/h2-4,6,9,11,13H,5,7H2,1H3. The molecule has 1 aromatic rings. The molecule has 0 amide bonds. The van der Waals surface area contributed by atoms with Crippen molar-refractivity contribution in [1.29, 1.82) is 0 Å². The fourth-order valence-corrected chi connectivity index (χ4v) is 1.79. The van der Waals surface area contributed by atoms with Crippen molar-refractivity contribution in [1.82, 2.24) is 5.32 Å². The van der Waals surface area contributed by atoms with Crippen LogP contribution in [0.1, 0.15) is 12.0 Å². The van der Waals surface area contributed by atoms with E-state index >= 15 is 0 Å². The molecule has 1 aliphatic rings. The Bertz CT molecular complexity index is 298. The first-order valence-electron chi connectivity index (χ1n) is 4.71. The number of nitrogens with one attached hydrogen (secondary N) is 1. The lowest BCUT2D eigenvalue weighted by molar-refractivity contribution is 0.622. The van der Waals surface area contributed by atoms with Crippen LogP contribution in [0.4, 0.5) is 4.39 Å². The van der Waals surface area contributed by atoms with Gasteiger partial charge in [0, 0.05) is 6.04 Å². The fourth-order valence-electron chi connectivity index (χ4n) is 1.79. The predicted octanol–water partition coefficient (Wildman–Crippen LogP) is 1.98. The Hall–Kier alpha value is -0.890. The summed E-state index contributed by atoms with van der Waals surface area (Å²) in [6.45, 7) is 0.